The third-order valence-corrected chi connectivity index (χ3v) is 4.00. The molecule has 0 radical (unpaired) electrons. The normalized spacial score (nSPS) is 11.2. The van der Waals surface area contributed by atoms with Gasteiger partial charge < -0.3 is 9.88 Å². The van der Waals surface area contributed by atoms with Gasteiger partial charge in [-0.2, -0.15) is 0 Å². The number of nitrogens with one attached hydrogen (secondary N) is 1. The number of aromatic nitrogens is 3. The first kappa shape index (κ1) is 16.2. The van der Waals surface area contributed by atoms with Gasteiger partial charge in [-0.15, -0.1) is 0 Å². The highest BCUT2D eigenvalue weighted by molar-refractivity contribution is 5.82. The van der Waals surface area contributed by atoms with Crippen LogP contribution in [0.2, 0.25) is 0 Å². The van der Waals surface area contributed by atoms with Crippen LogP contribution in [0.3, 0.4) is 0 Å². The number of pyridine rings is 1. The second-order valence-electron chi connectivity index (χ2n) is 6.22. The van der Waals surface area contributed by atoms with Crippen LogP contribution in [0.5, 0.6) is 0 Å². The maximum Gasteiger partial charge on any atom is 0.224 e. The van der Waals surface area contributed by atoms with Crippen molar-refractivity contribution in [1.82, 2.24) is 19.9 Å². The van der Waals surface area contributed by atoms with Crippen LogP contribution < -0.4 is 5.32 Å². The van der Waals surface area contributed by atoms with E-state index in [0.29, 0.717) is 19.0 Å². The summed E-state index contributed by atoms with van der Waals surface area (Å²) < 4.78 is 2.21. The first-order valence-corrected chi connectivity index (χ1v) is 8.18. The molecule has 0 saturated carbocycles. The largest absolute Gasteiger partial charge is 0.350 e. The molecule has 2 aromatic heterocycles. The van der Waals surface area contributed by atoms with E-state index in [-0.39, 0.29) is 5.91 Å². The Bertz CT molecular complexity index is 852. The van der Waals surface area contributed by atoms with E-state index in [2.05, 4.69) is 39.8 Å². The van der Waals surface area contributed by atoms with Crippen molar-refractivity contribution < 1.29 is 4.79 Å². The predicted molar refractivity (Wildman–Crippen MR) is 94.6 cm³/mol. The zero-order chi connectivity index (χ0) is 17.1. The molecule has 0 bridgehead atoms. The molecule has 3 aromatic rings. The zero-order valence-electron chi connectivity index (χ0n) is 14.3. The Hall–Kier alpha value is -2.69. The minimum absolute atomic E-state index is 0.0139. The number of carbonyl (C=O) groups excluding carboxylic acids is 1. The predicted octanol–water partition coefficient (Wildman–Crippen LogP) is 3.18. The quantitative estimate of drug-likeness (QED) is 0.785. The van der Waals surface area contributed by atoms with Gasteiger partial charge in [0, 0.05) is 12.2 Å². The SMILES string of the molecule is Cc1nc2cc(CC(=O)NCc3ccccn3)ccc2n1C(C)C. The molecule has 1 aromatic carbocycles. The summed E-state index contributed by atoms with van der Waals surface area (Å²) in [6.07, 6.45) is 2.07. The highest BCUT2D eigenvalue weighted by Crippen LogP contribution is 2.22. The van der Waals surface area contributed by atoms with E-state index in [1.807, 2.05) is 37.3 Å². The lowest BCUT2D eigenvalue weighted by Crippen LogP contribution is -2.24. The first-order chi connectivity index (χ1) is 11.5. The van der Waals surface area contributed by atoms with Gasteiger partial charge in [-0.3, -0.25) is 9.78 Å². The topological polar surface area (TPSA) is 59.8 Å². The summed E-state index contributed by atoms with van der Waals surface area (Å²) >= 11 is 0. The Morgan fingerprint density at radius 2 is 2.08 bits per heavy atom. The highest BCUT2D eigenvalue weighted by atomic mass is 16.1. The molecule has 5 heteroatoms. The molecule has 2 heterocycles. The van der Waals surface area contributed by atoms with E-state index in [1.54, 1.807) is 6.20 Å². The Kier molecular flexibility index (Phi) is 4.60. The molecule has 0 aliphatic carbocycles. The summed E-state index contributed by atoms with van der Waals surface area (Å²) in [5.41, 5.74) is 3.87. The Balaban J connectivity index is 1.70. The lowest BCUT2D eigenvalue weighted by atomic mass is 10.1. The molecular weight excluding hydrogens is 300 g/mol. The second kappa shape index (κ2) is 6.83. The molecule has 0 aliphatic rings. The van der Waals surface area contributed by atoms with Gasteiger partial charge >= 0.3 is 0 Å². The van der Waals surface area contributed by atoms with E-state index in [1.165, 1.54) is 0 Å². The summed E-state index contributed by atoms with van der Waals surface area (Å²) in [6, 6.07) is 12.1. The van der Waals surface area contributed by atoms with Gasteiger partial charge in [0.05, 0.1) is 29.7 Å². The molecular formula is C19H22N4O. The van der Waals surface area contributed by atoms with Crippen molar-refractivity contribution in [2.24, 2.45) is 0 Å². The van der Waals surface area contributed by atoms with Crippen molar-refractivity contribution >= 4 is 16.9 Å². The number of aryl methyl sites for hydroxylation is 1. The monoisotopic (exact) mass is 322 g/mol. The minimum atomic E-state index is -0.0139. The van der Waals surface area contributed by atoms with Gasteiger partial charge in [0.2, 0.25) is 5.91 Å². The van der Waals surface area contributed by atoms with E-state index in [0.717, 1.165) is 28.1 Å². The summed E-state index contributed by atoms with van der Waals surface area (Å²) in [5, 5.41) is 2.90. The van der Waals surface area contributed by atoms with Gasteiger partial charge in [0.15, 0.2) is 0 Å². The average molecular weight is 322 g/mol. The van der Waals surface area contributed by atoms with Crippen LogP contribution in [0.15, 0.2) is 42.6 Å². The maximum atomic E-state index is 12.1. The number of benzene rings is 1. The molecule has 1 amide bonds. The third kappa shape index (κ3) is 3.45. The molecule has 0 atom stereocenters. The van der Waals surface area contributed by atoms with Crippen LogP contribution in [0, 0.1) is 6.92 Å². The zero-order valence-corrected chi connectivity index (χ0v) is 14.3. The van der Waals surface area contributed by atoms with E-state index < -0.39 is 0 Å². The smallest absolute Gasteiger partial charge is 0.224 e. The third-order valence-electron chi connectivity index (χ3n) is 4.00. The molecule has 0 unspecified atom stereocenters. The van der Waals surface area contributed by atoms with Crippen LogP contribution in [-0.4, -0.2) is 20.4 Å². The second-order valence-corrected chi connectivity index (χ2v) is 6.22. The molecule has 124 valence electrons. The van der Waals surface area contributed by atoms with Crippen LogP contribution in [-0.2, 0) is 17.8 Å². The van der Waals surface area contributed by atoms with Gasteiger partial charge in [-0.05, 0) is 50.6 Å². The lowest BCUT2D eigenvalue weighted by molar-refractivity contribution is -0.120. The number of nitrogens with zero attached hydrogens (tertiary/aromatic N) is 3. The summed E-state index contributed by atoms with van der Waals surface area (Å²) in [7, 11) is 0. The van der Waals surface area contributed by atoms with Crippen molar-refractivity contribution in [3.8, 4) is 0 Å². The fourth-order valence-electron chi connectivity index (χ4n) is 2.97. The van der Waals surface area contributed by atoms with E-state index >= 15 is 0 Å². The van der Waals surface area contributed by atoms with Crippen molar-refractivity contribution in [2.75, 3.05) is 0 Å². The summed E-state index contributed by atoms with van der Waals surface area (Å²) in [6.45, 7) is 6.75. The number of amides is 1. The Morgan fingerprint density at radius 3 is 2.79 bits per heavy atom. The van der Waals surface area contributed by atoms with Gasteiger partial charge in [0.25, 0.3) is 0 Å². The molecule has 0 aliphatic heterocycles. The number of imidazole rings is 1. The average Bonchev–Trinajstić information content (AvgIpc) is 2.89. The van der Waals surface area contributed by atoms with Crippen molar-refractivity contribution in [3.63, 3.8) is 0 Å². The molecule has 1 N–H and O–H groups in total. The van der Waals surface area contributed by atoms with Gasteiger partial charge in [-0.1, -0.05) is 12.1 Å². The molecule has 5 nitrogen and oxygen atoms in total. The maximum absolute atomic E-state index is 12.1. The van der Waals surface area contributed by atoms with Crippen LogP contribution >= 0.6 is 0 Å². The summed E-state index contributed by atoms with van der Waals surface area (Å²) in [5.74, 6) is 0.983. The number of fused-ring (bicyclic) bond motifs is 1. The summed E-state index contributed by atoms with van der Waals surface area (Å²) in [4.78, 5) is 21.0. The van der Waals surface area contributed by atoms with Gasteiger partial charge in [0.1, 0.15) is 5.82 Å². The number of carbonyl (C=O) groups is 1. The van der Waals surface area contributed by atoms with E-state index in [4.69, 9.17) is 0 Å². The molecule has 3 rings (SSSR count). The minimum Gasteiger partial charge on any atom is -0.350 e. The first-order valence-electron chi connectivity index (χ1n) is 8.18. The molecule has 0 spiro atoms. The van der Waals surface area contributed by atoms with E-state index in [9.17, 15) is 4.79 Å². The Morgan fingerprint density at radius 1 is 1.25 bits per heavy atom. The van der Waals surface area contributed by atoms with Crippen molar-refractivity contribution in [2.45, 2.75) is 39.8 Å². The number of hydrogen-bond donors (Lipinski definition) is 1. The Labute approximate surface area is 141 Å². The fraction of sp³-hybridized carbons (Fsp3) is 0.316. The lowest BCUT2D eigenvalue weighted by Gasteiger charge is -2.10. The number of hydrogen-bond acceptors (Lipinski definition) is 3. The molecule has 0 saturated heterocycles. The highest BCUT2D eigenvalue weighted by Gasteiger charge is 2.11. The van der Waals surface area contributed by atoms with Crippen LogP contribution in [0.4, 0.5) is 0 Å². The van der Waals surface area contributed by atoms with Crippen LogP contribution in [0.25, 0.3) is 11.0 Å². The van der Waals surface area contributed by atoms with Crippen LogP contribution in [0.1, 0.15) is 37.0 Å². The van der Waals surface area contributed by atoms with Gasteiger partial charge in [-0.25, -0.2) is 4.98 Å². The standard InChI is InChI=1S/C19H22N4O/c1-13(2)23-14(3)22-17-10-15(7-8-18(17)23)11-19(24)21-12-16-6-4-5-9-20-16/h4-10,13H,11-12H2,1-3H3,(H,21,24). The van der Waals surface area contributed by atoms with Crippen molar-refractivity contribution in [3.05, 3.63) is 59.7 Å². The van der Waals surface area contributed by atoms with Crippen molar-refractivity contribution in [1.29, 1.82) is 0 Å². The molecule has 24 heavy (non-hydrogen) atoms. The molecule has 0 fully saturated rings. The fourth-order valence-corrected chi connectivity index (χ4v) is 2.97. The number of rotatable bonds is 5.